The lowest BCUT2D eigenvalue weighted by molar-refractivity contribution is 0.395. The highest BCUT2D eigenvalue weighted by molar-refractivity contribution is 5.86. The van der Waals surface area contributed by atoms with Crippen molar-refractivity contribution in [2.75, 3.05) is 16.9 Å². The van der Waals surface area contributed by atoms with Gasteiger partial charge in [-0.2, -0.15) is 0 Å². The van der Waals surface area contributed by atoms with Crippen molar-refractivity contribution in [3.63, 3.8) is 0 Å². The molecule has 8 heteroatoms. The molecule has 2 aliphatic rings. The Balaban J connectivity index is 1.61. The maximum Gasteiger partial charge on any atom is 0.237 e. The lowest BCUT2D eigenvalue weighted by atomic mass is 10.1. The highest BCUT2D eigenvalue weighted by Crippen LogP contribution is 2.44. The number of hydrogen-bond acceptors (Lipinski definition) is 6. The van der Waals surface area contributed by atoms with Crippen molar-refractivity contribution in [3.8, 4) is 5.88 Å². The van der Waals surface area contributed by atoms with Crippen LogP contribution in [0.15, 0.2) is 82.9 Å². The molecule has 0 aliphatic carbocycles. The zero-order valence-electron chi connectivity index (χ0n) is 19.3. The summed E-state index contributed by atoms with van der Waals surface area (Å²) in [5.74, 6) is -1.31. The molecule has 1 aromatic heterocycles. The van der Waals surface area contributed by atoms with E-state index in [0.717, 1.165) is 39.9 Å². The fourth-order valence-corrected chi connectivity index (χ4v) is 4.78. The molecule has 6 rings (SSSR count). The third-order valence-electron chi connectivity index (χ3n) is 6.21. The van der Waals surface area contributed by atoms with Crippen molar-refractivity contribution >= 4 is 34.1 Å². The lowest BCUT2D eigenvalue weighted by Crippen LogP contribution is -2.36. The summed E-state index contributed by atoms with van der Waals surface area (Å²) in [6.45, 7) is 4.02. The van der Waals surface area contributed by atoms with E-state index in [4.69, 9.17) is 14.7 Å². The van der Waals surface area contributed by atoms with Crippen LogP contribution in [0.4, 0.5) is 42.9 Å². The van der Waals surface area contributed by atoms with Crippen LogP contribution in [-0.4, -0.2) is 17.8 Å². The average molecular weight is 469 g/mol. The summed E-state index contributed by atoms with van der Waals surface area (Å²) in [7, 11) is 1.59. The van der Waals surface area contributed by atoms with Gasteiger partial charge in [0.25, 0.3) is 0 Å². The number of halogens is 2. The van der Waals surface area contributed by atoms with Crippen LogP contribution in [-0.2, 0) is 0 Å². The number of para-hydroxylation sites is 2. The van der Waals surface area contributed by atoms with E-state index < -0.39 is 17.3 Å². The Morgan fingerprint density at radius 2 is 1.57 bits per heavy atom. The summed E-state index contributed by atoms with van der Waals surface area (Å²) in [6.07, 6.45) is 1.68. The highest BCUT2D eigenvalue weighted by Gasteiger charge is 2.37. The Hall–Kier alpha value is -4.33. The number of pyridine rings is 1. The summed E-state index contributed by atoms with van der Waals surface area (Å²) >= 11 is 0. The van der Waals surface area contributed by atoms with E-state index >= 15 is 0 Å². The highest BCUT2D eigenvalue weighted by atomic mass is 19.2. The summed E-state index contributed by atoms with van der Waals surface area (Å²) in [5.41, 5.74) is 3.74. The minimum atomic E-state index is -0.911. The first-order chi connectivity index (χ1) is 16.9. The van der Waals surface area contributed by atoms with Crippen LogP contribution in [0.5, 0.6) is 5.88 Å². The molecule has 3 heterocycles. The zero-order valence-corrected chi connectivity index (χ0v) is 19.3. The molecule has 0 atom stereocenters. The van der Waals surface area contributed by atoms with Crippen LogP contribution < -0.4 is 25.3 Å². The minimum absolute atomic E-state index is 0.493. The summed E-state index contributed by atoms with van der Waals surface area (Å²) in [6, 6.07) is 19.2. The molecule has 0 amide bonds. The number of benzene rings is 3. The van der Waals surface area contributed by atoms with Crippen molar-refractivity contribution in [1.82, 2.24) is 4.98 Å². The molecule has 4 aromatic rings. The Morgan fingerprint density at radius 1 is 0.800 bits per heavy atom. The molecule has 0 unspecified atom stereocenters. The van der Waals surface area contributed by atoms with Crippen molar-refractivity contribution in [2.24, 2.45) is 9.98 Å². The first-order valence-electron chi connectivity index (χ1n) is 11.1. The molecule has 0 N–H and O–H groups in total. The van der Waals surface area contributed by atoms with Gasteiger partial charge in [-0.05, 0) is 62.4 Å². The number of anilines is 5. The topological polar surface area (TPSA) is 53.3 Å². The Kier molecular flexibility index (Phi) is 4.60. The van der Waals surface area contributed by atoms with E-state index in [9.17, 15) is 8.78 Å². The van der Waals surface area contributed by atoms with Crippen molar-refractivity contribution < 1.29 is 13.5 Å². The molecular formula is C27H21F2N5O. The van der Waals surface area contributed by atoms with Crippen LogP contribution in [0.1, 0.15) is 13.8 Å². The maximum absolute atomic E-state index is 14.2. The lowest BCUT2D eigenvalue weighted by Gasteiger charge is -2.33. The fraction of sp³-hybridized carbons (Fsp3) is 0.148. The number of methoxy groups -OCH3 is 1. The van der Waals surface area contributed by atoms with Crippen LogP contribution >= 0.6 is 0 Å². The molecule has 6 nitrogen and oxygen atoms in total. The predicted octanol–water partition coefficient (Wildman–Crippen LogP) is 5.61. The van der Waals surface area contributed by atoms with Gasteiger partial charge in [-0.25, -0.2) is 18.8 Å². The number of ether oxygens (including phenoxy) is 1. The summed E-state index contributed by atoms with van der Waals surface area (Å²) in [5, 5.41) is 1.44. The molecule has 0 saturated heterocycles. The van der Waals surface area contributed by atoms with Gasteiger partial charge in [-0.15, -0.1) is 0 Å². The molecule has 0 radical (unpaired) electrons. The monoisotopic (exact) mass is 469 g/mol. The molecule has 2 aliphatic heterocycles. The first kappa shape index (κ1) is 21.2. The smallest absolute Gasteiger partial charge is 0.237 e. The molecule has 0 spiro atoms. The second-order valence-corrected chi connectivity index (χ2v) is 8.84. The number of nitrogens with zero attached hydrogens (tertiary/aromatic N) is 5. The van der Waals surface area contributed by atoms with Crippen molar-refractivity contribution in [2.45, 2.75) is 19.5 Å². The summed E-state index contributed by atoms with van der Waals surface area (Å²) in [4.78, 5) is 18.2. The van der Waals surface area contributed by atoms with Crippen LogP contribution in [0.2, 0.25) is 0 Å². The largest absolute Gasteiger partial charge is 0.480 e. The average Bonchev–Trinajstić information content (AvgIpc) is 3.11. The third kappa shape index (κ3) is 3.24. The molecule has 174 valence electrons. The molecule has 0 bridgehead atoms. The first-order valence-corrected chi connectivity index (χ1v) is 11.1. The quantitative estimate of drug-likeness (QED) is 0.345. The van der Waals surface area contributed by atoms with E-state index in [1.165, 1.54) is 6.07 Å². The number of rotatable bonds is 3. The SMILES string of the molecule is COc1ncccc1N1c2cc3c(cc2=NC1(C)C)N(c1ccc(F)c(F)c1)c1ccccc1N=3. The van der Waals surface area contributed by atoms with E-state index in [1.807, 2.05) is 67.3 Å². The van der Waals surface area contributed by atoms with Gasteiger partial charge in [-0.1, -0.05) is 12.1 Å². The standard InChI is InChI=1S/C27H21F2N5O/c1-27(2)32-21-15-24-20(14-25(21)34(27)23-9-6-12-30-26(23)35-3)31-19-7-4-5-8-22(19)33(24)16-10-11-17(28)18(29)13-16/h4-15H,1-3H3. The molecule has 0 saturated carbocycles. The number of fused-ring (bicyclic) bond motifs is 3. The summed E-state index contributed by atoms with van der Waals surface area (Å²) < 4.78 is 33.5. The van der Waals surface area contributed by atoms with E-state index in [2.05, 4.69) is 9.88 Å². The van der Waals surface area contributed by atoms with Gasteiger partial charge < -0.3 is 14.5 Å². The Morgan fingerprint density at radius 3 is 2.37 bits per heavy atom. The van der Waals surface area contributed by atoms with Crippen molar-refractivity contribution in [3.05, 3.63) is 95.3 Å². The molecule has 3 aromatic carbocycles. The Bertz CT molecular complexity index is 1620. The van der Waals surface area contributed by atoms with E-state index in [0.29, 0.717) is 16.9 Å². The molecular weight excluding hydrogens is 448 g/mol. The van der Waals surface area contributed by atoms with Gasteiger partial charge in [0.2, 0.25) is 5.88 Å². The Labute approximate surface area is 200 Å². The van der Waals surface area contributed by atoms with Gasteiger partial charge in [0.15, 0.2) is 11.6 Å². The van der Waals surface area contributed by atoms with Crippen LogP contribution in [0.25, 0.3) is 0 Å². The van der Waals surface area contributed by atoms with Gasteiger partial charge in [0.1, 0.15) is 11.4 Å². The molecule has 35 heavy (non-hydrogen) atoms. The van der Waals surface area contributed by atoms with Crippen LogP contribution in [0, 0.1) is 11.6 Å². The molecule has 0 fully saturated rings. The number of hydrogen-bond donors (Lipinski definition) is 0. The third-order valence-corrected chi connectivity index (χ3v) is 6.21. The van der Waals surface area contributed by atoms with Crippen molar-refractivity contribution in [1.29, 1.82) is 0 Å². The van der Waals surface area contributed by atoms with Gasteiger partial charge in [-0.3, -0.25) is 4.99 Å². The maximum atomic E-state index is 14.2. The second-order valence-electron chi connectivity index (χ2n) is 8.84. The zero-order chi connectivity index (χ0) is 24.3. The minimum Gasteiger partial charge on any atom is -0.480 e. The van der Waals surface area contributed by atoms with Gasteiger partial charge >= 0.3 is 0 Å². The van der Waals surface area contributed by atoms with E-state index in [-0.39, 0.29) is 0 Å². The normalized spacial score (nSPS) is 15.0. The predicted molar refractivity (Wildman–Crippen MR) is 130 cm³/mol. The second kappa shape index (κ2) is 7.59. The van der Waals surface area contributed by atoms with E-state index in [1.54, 1.807) is 19.4 Å². The van der Waals surface area contributed by atoms with Crippen LogP contribution in [0.3, 0.4) is 0 Å². The van der Waals surface area contributed by atoms with Gasteiger partial charge in [0.05, 0.1) is 40.6 Å². The fourth-order valence-electron chi connectivity index (χ4n) is 4.78. The van der Waals surface area contributed by atoms with Gasteiger partial charge in [0, 0.05) is 18.0 Å². The number of aromatic nitrogens is 1.